The lowest BCUT2D eigenvalue weighted by Gasteiger charge is -1.88. The van der Waals surface area contributed by atoms with Crippen molar-refractivity contribution in [3.63, 3.8) is 0 Å². The van der Waals surface area contributed by atoms with E-state index in [0.29, 0.717) is 6.42 Å². The van der Waals surface area contributed by atoms with Crippen LogP contribution in [-0.4, -0.2) is 11.7 Å². The highest BCUT2D eigenvalue weighted by Gasteiger charge is 2.13. The van der Waals surface area contributed by atoms with Gasteiger partial charge in [-0.3, -0.25) is 0 Å². The van der Waals surface area contributed by atoms with Crippen molar-refractivity contribution in [1.82, 2.24) is 0 Å². The Bertz CT molecular complexity index is 230. The molecule has 0 aliphatic heterocycles. The van der Waals surface area contributed by atoms with Crippen LogP contribution in [0.3, 0.4) is 0 Å². The molecule has 1 aromatic rings. The van der Waals surface area contributed by atoms with E-state index >= 15 is 0 Å². The van der Waals surface area contributed by atoms with Crippen molar-refractivity contribution < 1.29 is 14.1 Å². The van der Waals surface area contributed by atoms with E-state index in [4.69, 9.17) is 9.52 Å². The predicted molar refractivity (Wildman–Crippen MR) is 40.1 cm³/mol. The maximum Gasteiger partial charge on any atom is 0.334 e. The molecule has 0 unspecified atom stereocenters. The highest BCUT2D eigenvalue weighted by Crippen LogP contribution is 2.03. The summed E-state index contributed by atoms with van der Waals surface area (Å²) >= 11 is 0. The molecular weight excluding hydrogens is 142 g/mol. The van der Waals surface area contributed by atoms with Gasteiger partial charge in [0.1, 0.15) is 6.54 Å². The molecule has 1 rings (SSSR count). The number of aliphatic hydroxyl groups excluding tert-OH is 1. The molecule has 0 atom stereocenters. The van der Waals surface area contributed by atoms with E-state index in [-0.39, 0.29) is 6.61 Å². The molecule has 1 N–H and O–H groups in total. The van der Waals surface area contributed by atoms with Crippen LogP contribution in [-0.2, 0) is 13.0 Å². The third-order valence-corrected chi connectivity index (χ3v) is 1.84. The lowest BCUT2D eigenvalue weighted by atomic mass is 10.3. The first-order valence-corrected chi connectivity index (χ1v) is 3.86. The molecule has 0 bridgehead atoms. The molecule has 0 saturated heterocycles. The molecule has 0 aliphatic rings. The summed E-state index contributed by atoms with van der Waals surface area (Å²) in [5.41, 5.74) is 1.11. The van der Waals surface area contributed by atoms with E-state index in [1.807, 2.05) is 11.5 Å². The standard InChI is InChI=1S/C8H14NO2/c1-3-9-6-11-8(4-5-10)7(9)2/h6,10H,3-5H2,1-2H3/q+1. The zero-order valence-electron chi connectivity index (χ0n) is 7.00. The largest absolute Gasteiger partial charge is 0.409 e. The van der Waals surface area contributed by atoms with Crippen molar-refractivity contribution in [3.05, 3.63) is 17.8 Å². The molecule has 0 saturated carbocycles. The topological polar surface area (TPSA) is 37.2 Å². The molecule has 0 aliphatic carbocycles. The number of aliphatic hydroxyl groups is 1. The van der Waals surface area contributed by atoms with Gasteiger partial charge in [0.2, 0.25) is 5.69 Å². The Morgan fingerprint density at radius 3 is 2.82 bits per heavy atom. The van der Waals surface area contributed by atoms with Crippen molar-refractivity contribution in [3.8, 4) is 0 Å². The fourth-order valence-electron chi connectivity index (χ4n) is 1.10. The summed E-state index contributed by atoms with van der Waals surface area (Å²) in [6.45, 7) is 5.13. The zero-order valence-corrected chi connectivity index (χ0v) is 7.00. The zero-order chi connectivity index (χ0) is 8.27. The molecule has 3 heteroatoms. The Kier molecular flexibility index (Phi) is 2.65. The van der Waals surface area contributed by atoms with Crippen molar-refractivity contribution in [2.24, 2.45) is 0 Å². The van der Waals surface area contributed by atoms with Crippen molar-refractivity contribution in [1.29, 1.82) is 0 Å². The lowest BCUT2D eigenvalue weighted by molar-refractivity contribution is -0.702. The summed E-state index contributed by atoms with van der Waals surface area (Å²) < 4.78 is 7.25. The molecule has 0 radical (unpaired) electrons. The van der Waals surface area contributed by atoms with Gasteiger partial charge in [-0.05, 0) is 6.92 Å². The Hall–Kier alpha value is -0.830. The number of aryl methyl sites for hydroxylation is 1. The Balaban J connectivity index is 2.82. The minimum Gasteiger partial charge on any atom is -0.409 e. The molecule has 0 spiro atoms. The molecule has 0 amide bonds. The second-order valence-electron chi connectivity index (χ2n) is 2.49. The Labute approximate surface area is 66.3 Å². The number of hydrogen-bond acceptors (Lipinski definition) is 2. The maximum atomic E-state index is 8.66. The van der Waals surface area contributed by atoms with E-state index in [1.54, 1.807) is 6.39 Å². The fraction of sp³-hybridized carbons (Fsp3) is 0.625. The summed E-state index contributed by atoms with van der Waals surface area (Å²) in [5, 5.41) is 8.66. The fourth-order valence-corrected chi connectivity index (χ4v) is 1.10. The van der Waals surface area contributed by atoms with Crippen molar-refractivity contribution >= 4 is 0 Å². The minimum absolute atomic E-state index is 0.151. The molecule has 0 fully saturated rings. The second-order valence-corrected chi connectivity index (χ2v) is 2.49. The van der Waals surface area contributed by atoms with Gasteiger partial charge in [-0.25, -0.2) is 0 Å². The van der Waals surface area contributed by atoms with Crippen LogP contribution in [0.5, 0.6) is 0 Å². The van der Waals surface area contributed by atoms with Gasteiger partial charge >= 0.3 is 6.39 Å². The number of oxazole rings is 1. The highest BCUT2D eigenvalue weighted by molar-refractivity contribution is 4.98. The monoisotopic (exact) mass is 156 g/mol. The number of hydrogen-bond donors (Lipinski definition) is 1. The van der Waals surface area contributed by atoms with Gasteiger partial charge in [-0.2, -0.15) is 4.57 Å². The molecular formula is C8H14NO2+. The van der Waals surface area contributed by atoms with Crippen LogP contribution in [0.2, 0.25) is 0 Å². The average Bonchev–Trinajstić information content (AvgIpc) is 2.34. The van der Waals surface area contributed by atoms with Crippen molar-refractivity contribution in [2.75, 3.05) is 6.61 Å². The Morgan fingerprint density at radius 1 is 1.64 bits per heavy atom. The van der Waals surface area contributed by atoms with E-state index in [1.165, 1.54) is 0 Å². The van der Waals surface area contributed by atoms with Gasteiger partial charge in [0.05, 0.1) is 6.61 Å². The maximum absolute atomic E-state index is 8.66. The first-order valence-electron chi connectivity index (χ1n) is 3.86. The quantitative estimate of drug-likeness (QED) is 0.644. The second kappa shape index (κ2) is 3.53. The third-order valence-electron chi connectivity index (χ3n) is 1.84. The van der Waals surface area contributed by atoms with Crippen LogP contribution in [0.25, 0.3) is 0 Å². The van der Waals surface area contributed by atoms with Crippen LogP contribution >= 0.6 is 0 Å². The molecule has 62 valence electrons. The normalized spacial score (nSPS) is 10.5. The molecule has 1 aromatic heterocycles. The smallest absolute Gasteiger partial charge is 0.334 e. The average molecular weight is 156 g/mol. The van der Waals surface area contributed by atoms with Crippen LogP contribution in [0, 0.1) is 6.92 Å². The van der Waals surface area contributed by atoms with E-state index in [0.717, 1.165) is 18.0 Å². The Morgan fingerprint density at radius 2 is 2.36 bits per heavy atom. The summed E-state index contributed by atoms with van der Waals surface area (Å²) in [7, 11) is 0. The van der Waals surface area contributed by atoms with E-state index in [9.17, 15) is 0 Å². The number of aromatic nitrogens is 1. The highest BCUT2D eigenvalue weighted by atomic mass is 16.3. The van der Waals surface area contributed by atoms with Crippen LogP contribution in [0.4, 0.5) is 0 Å². The first-order chi connectivity index (χ1) is 5.29. The summed E-state index contributed by atoms with van der Waals surface area (Å²) in [6, 6.07) is 0. The van der Waals surface area contributed by atoms with Gasteiger partial charge in [0, 0.05) is 13.3 Å². The van der Waals surface area contributed by atoms with E-state index < -0.39 is 0 Å². The van der Waals surface area contributed by atoms with E-state index in [2.05, 4.69) is 6.92 Å². The predicted octanol–water partition coefficient (Wildman–Crippen LogP) is 0.430. The van der Waals surface area contributed by atoms with Crippen LogP contribution < -0.4 is 4.57 Å². The molecule has 0 aromatic carbocycles. The summed E-state index contributed by atoms with van der Waals surface area (Å²) in [5.74, 6) is 0.884. The van der Waals surface area contributed by atoms with Gasteiger partial charge in [-0.1, -0.05) is 0 Å². The first kappa shape index (κ1) is 8.27. The van der Waals surface area contributed by atoms with Gasteiger partial charge < -0.3 is 9.52 Å². The molecule has 3 nitrogen and oxygen atoms in total. The van der Waals surface area contributed by atoms with Crippen LogP contribution in [0.15, 0.2) is 10.8 Å². The van der Waals surface area contributed by atoms with Crippen molar-refractivity contribution in [2.45, 2.75) is 26.8 Å². The van der Waals surface area contributed by atoms with Crippen LogP contribution in [0.1, 0.15) is 18.4 Å². The lowest BCUT2D eigenvalue weighted by Crippen LogP contribution is -2.32. The number of nitrogens with zero attached hydrogens (tertiary/aromatic N) is 1. The molecule has 1 heterocycles. The summed E-state index contributed by atoms with van der Waals surface area (Å²) in [6.07, 6.45) is 2.30. The minimum atomic E-state index is 0.151. The van der Waals surface area contributed by atoms with Gasteiger partial charge in [0.15, 0.2) is 5.76 Å². The van der Waals surface area contributed by atoms with Gasteiger partial charge in [0.25, 0.3) is 0 Å². The summed E-state index contributed by atoms with van der Waals surface area (Å²) in [4.78, 5) is 0. The SMILES string of the molecule is CC[n+]1coc(CCO)c1C. The number of rotatable bonds is 3. The van der Waals surface area contributed by atoms with Gasteiger partial charge in [-0.15, -0.1) is 0 Å². The third kappa shape index (κ3) is 1.60. The molecule has 11 heavy (non-hydrogen) atoms.